The van der Waals surface area contributed by atoms with Gasteiger partial charge in [0, 0.05) is 36.5 Å². The average Bonchev–Trinajstić information content (AvgIpc) is 3.73. The summed E-state index contributed by atoms with van der Waals surface area (Å²) in [5.74, 6) is 4.06. The van der Waals surface area contributed by atoms with Crippen LogP contribution in [0.1, 0.15) is 37.7 Å². The average molecular weight is 641 g/mol. The first-order valence-corrected chi connectivity index (χ1v) is 16.2. The molecule has 3 N–H and O–H groups in total. The summed E-state index contributed by atoms with van der Waals surface area (Å²) in [6, 6.07) is 10.8. The number of hydrogen-bond acceptors (Lipinski definition) is 7. The fourth-order valence-corrected chi connectivity index (χ4v) is 8.11. The topological polar surface area (TPSA) is 111 Å². The van der Waals surface area contributed by atoms with Crippen LogP contribution in [0.25, 0.3) is 22.0 Å². The number of rotatable bonds is 11. The first-order valence-electron chi connectivity index (χ1n) is 15.1. The number of aryl methyl sites for hydroxylation is 2. The lowest BCUT2D eigenvalue weighted by molar-refractivity contribution is -0.686. The number of carbonyl (C=O) groups is 2. The van der Waals surface area contributed by atoms with Crippen molar-refractivity contribution in [3.05, 3.63) is 42.1 Å². The fraction of sp³-hybridized carbons (Fsp3) is 0.469. The summed E-state index contributed by atoms with van der Waals surface area (Å²) < 4.78 is 25.4. The molecule has 4 aliphatic heterocycles. The highest BCUT2D eigenvalue weighted by atomic mass is 35.5. The van der Waals surface area contributed by atoms with Crippen molar-refractivity contribution >= 4 is 34.5 Å². The third-order valence-electron chi connectivity index (χ3n) is 8.76. The molecule has 2 aromatic carbocycles. The molecule has 5 heterocycles. The van der Waals surface area contributed by atoms with Crippen LogP contribution in [0.15, 0.2) is 36.5 Å². The maximum absolute atomic E-state index is 12.3. The predicted molar refractivity (Wildman–Crippen MR) is 163 cm³/mol. The number of pyridine rings is 1. The van der Waals surface area contributed by atoms with Crippen molar-refractivity contribution in [2.24, 2.45) is 0 Å². The van der Waals surface area contributed by atoms with Gasteiger partial charge in [-0.15, -0.1) is 0 Å². The van der Waals surface area contributed by atoms with Gasteiger partial charge in [0.2, 0.25) is 18.4 Å². The van der Waals surface area contributed by atoms with Crippen molar-refractivity contribution in [3.8, 4) is 34.3 Å². The first-order chi connectivity index (χ1) is 21.1. The second-order valence-corrected chi connectivity index (χ2v) is 12.8. The van der Waals surface area contributed by atoms with Gasteiger partial charge in [-0.3, -0.25) is 4.79 Å². The number of nitrogens with zero attached hydrogens (tertiary/aromatic N) is 1. The van der Waals surface area contributed by atoms with Crippen molar-refractivity contribution in [1.29, 1.82) is 0 Å². The van der Waals surface area contributed by atoms with E-state index in [1.165, 1.54) is 11.1 Å². The van der Waals surface area contributed by atoms with Gasteiger partial charge in [-0.2, -0.15) is 16.3 Å². The number of benzene rings is 2. The highest BCUT2D eigenvalue weighted by molar-refractivity contribution is 8.00. The Bertz CT molecular complexity index is 1570. The van der Waals surface area contributed by atoms with E-state index in [9.17, 15) is 9.59 Å². The zero-order valence-corrected chi connectivity index (χ0v) is 26.2. The van der Waals surface area contributed by atoms with Crippen molar-refractivity contribution in [1.82, 2.24) is 16.0 Å². The maximum Gasteiger partial charge on any atom is 0.315 e. The molecule has 0 radical (unpaired) electrons. The second-order valence-electron chi connectivity index (χ2n) is 11.5. The molecule has 4 aliphatic rings. The molecule has 7 rings (SSSR count). The third-order valence-corrected chi connectivity index (χ3v) is 10.3. The van der Waals surface area contributed by atoms with Gasteiger partial charge in [-0.05, 0) is 54.5 Å². The molecule has 234 valence electrons. The standard InChI is InChI=1S/C32H36N4O6S.ClH/c1-39-31-22-16-36-11-9-20-14-26-27(42-18-41-26)15-21(20)24(36)13-19(22)7-8-25(31)40-12-4-10-33-29(37)6-3-2-5-28-30-23(17-43-28)34-32(38)35-30;/h7-8,13-16,23,28,30H,2-6,9-12,17-18H2,1H3,(H2-,33,34,35,37,38);1H/t23-,28-,30-;/m0./s1. The Morgan fingerprint density at radius 1 is 1.14 bits per heavy atom. The molecule has 44 heavy (non-hydrogen) atoms. The van der Waals surface area contributed by atoms with Crippen LogP contribution in [0.2, 0.25) is 0 Å². The number of methoxy groups -OCH3 is 1. The SMILES string of the molecule is COc1c(OCCCNC(=O)CCCC[C@@H]2SC[C@@H]3NC(=O)N[C@@H]32)ccc2cc3[n+](cc12)CCc1cc2c(cc1-3)OCO2.[Cl-]. The lowest BCUT2D eigenvalue weighted by Crippen LogP contribution is -3.00. The first kappa shape index (κ1) is 30.5. The lowest BCUT2D eigenvalue weighted by Gasteiger charge is -2.18. The Morgan fingerprint density at radius 3 is 2.86 bits per heavy atom. The number of thioether (sulfide) groups is 1. The van der Waals surface area contributed by atoms with E-state index in [1.807, 2.05) is 17.8 Å². The molecule has 0 saturated carbocycles. The number of amides is 3. The van der Waals surface area contributed by atoms with E-state index in [1.54, 1.807) is 7.11 Å². The molecule has 3 atom stereocenters. The zero-order chi connectivity index (χ0) is 29.3. The zero-order valence-electron chi connectivity index (χ0n) is 24.7. The Hall–Kier alpha value is -3.57. The van der Waals surface area contributed by atoms with Crippen LogP contribution in [-0.2, 0) is 17.8 Å². The highest BCUT2D eigenvalue weighted by Crippen LogP contribution is 2.41. The van der Waals surface area contributed by atoms with Crippen LogP contribution < -0.4 is 51.9 Å². The van der Waals surface area contributed by atoms with Crippen molar-refractivity contribution in [2.45, 2.75) is 62.4 Å². The molecule has 3 aromatic rings. The molecular weight excluding hydrogens is 604 g/mol. The Morgan fingerprint density at radius 2 is 2.00 bits per heavy atom. The molecule has 3 amide bonds. The van der Waals surface area contributed by atoms with Gasteiger partial charge >= 0.3 is 6.03 Å². The number of carbonyl (C=O) groups excluding carboxylic acids is 2. The van der Waals surface area contributed by atoms with Crippen LogP contribution >= 0.6 is 11.8 Å². The number of unbranched alkanes of at least 4 members (excludes halogenated alkanes) is 1. The normalized spacial score (nSPS) is 20.6. The van der Waals surface area contributed by atoms with Gasteiger partial charge in [0.1, 0.15) is 0 Å². The minimum absolute atomic E-state index is 0. The number of fused-ring (bicyclic) bond motifs is 6. The molecule has 2 fully saturated rings. The van der Waals surface area contributed by atoms with Crippen LogP contribution in [0.4, 0.5) is 4.79 Å². The summed E-state index contributed by atoms with van der Waals surface area (Å²) >= 11 is 1.91. The number of aromatic nitrogens is 1. The Balaban J connectivity index is 0.00000343. The largest absolute Gasteiger partial charge is 1.00 e. The van der Waals surface area contributed by atoms with Crippen LogP contribution in [-0.4, -0.2) is 62.1 Å². The van der Waals surface area contributed by atoms with Gasteiger partial charge in [0.25, 0.3) is 0 Å². The minimum atomic E-state index is -0.0540. The van der Waals surface area contributed by atoms with E-state index < -0.39 is 0 Å². The Kier molecular flexibility index (Phi) is 9.13. The van der Waals surface area contributed by atoms with Gasteiger partial charge in [-0.25, -0.2) is 4.79 Å². The summed E-state index contributed by atoms with van der Waals surface area (Å²) in [6.07, 6.45) is 7.13. The molecule has 0 spiro atoms. The number of hydrogen-bond donors (Lipinski definition) is 3. The molecule has 0 unspecified atom stereocenters. The lowest BCUT2D eigenvalue weighted by atomic mass is 9.95. The molecule has 12 heteroatoms. The van der Waals surface area contributed by atoms with Gasteiger partial charge in [0.05, 0.1) is 36.8 Å². The van der Waals surface area contributed by atoms with Crippen molar-refractivity contribution < 1.29 is 45.5 Å². The Labute approximate surface area is 266 Å². The van der Waals surface area contributed by atoms with E-state index in [-0.39, 0.29) is 43.2 Å². The molecular formula is C32H37ClN4O6S. The van der Waals surface area contributed by atoms with E-state index in [0.29, 0.717) is 42.7 Å². The van der Waals surface area contributed by atoms with Gasteiger partial charge in [-0.1, -0.05) is 6.42 Å². The number of nitrogens with one attached hydrogen (secondary N) is 3. The van der Waals surface area contributed by atoms with E-state index in [2.05, 4.69) is 51.0 Å². The quantitative estimate of drug-likeness (QED) is 0.161. The van der Waals surface area contributed by atoms with Gasteiger partial charge < -0.3 is 47.3 Å². The third kappa shape index (κ3) is 6.04. The predicted octanol–water partition coefficient (Wildman–Crippen LogP) is 0.703. The fourth-order valence-electron chi connectivity index (χ4n) is 6.57. The van der Waals surface area contributed by atoms with Crippen LogP contribution in [0, 0.1) is 0 Å². The molecule has 0 bridgehead atoms. The second kappa shape index (κ2) is 13.2. The molecule has 10 nitrogen and oxygen atoms in total. The van der Waals surface area contributed by atoms with Crippen LogP contribution in [0.3, 0.4) is 0 Å². The molecule has 0 aliphatic carbocycles. The monoisotopic (exact) mass is 640 g/mol. The summed E-state index contributed by atoms with van der Waals surface area (Å²) in [6.45, 7) is 2.17. The number of ether oxygens (including phenoxy) is 4. The minimum Gasteiger partial charge on any atom is -1.00 e. The van der Waals surface area contributed by atoms with Crippen molar-refractivity contribution in [3.63, 3.8) is 0 Å². The summed E-state index contributed by atoms with van der Waals surface area (Å²) in [5, 5.41) is 11.5. The highest BCUT2D eigenvalue weighted by Gasteiger charge is 2.42. The summed E-state index contributed by atoms with van der Waals surface area (Å²) in [4.78, 5) is 23.9. The smallest absolute Gasteiger partial charge is 0.315 e. The maximum atomic E-state index is 12.3. The van der Waals surface area contributed by atoms with E-state index >= 15 is 0 Å². The van der Waals surface area contributed by atoms with E-state index in [4.69, 9.17) is 18.9 Å². The summed E-state index contributed by atoms with van der Waals surface area (Å²) in [5.41, 5.74) is 3.58. The molecule has 1 aromatic heterocycles. The van der Waals surface area contributed by atoms with Crippen molar-refractivity contribution in [2.75, 3.05) is 32.8 Å². The van der Waals surface area contributed by atoms with E-state index in [0.717, 1.165) is 65.9 Å². The molecule has 2 saturated heterocycles. The van der Waals surface area contributed by atoms with Crippen LogP contribution in [0.5, 0.6) is 23.0 Å². The summed E-state index contributed by atoms with van der Waals surface area (Å²) in [7, 11) is 1.67. The number of halogens is 1. The van der Waals surface area contributed by atoms with Gasteiger partial charge in [0.15, 0.2) is 35.7 Å². The number of urea groups is 1.